The van der Waals surface area contributed by atoms with Gasteiger partial charge in [0, 0.05) is 19.6 Å². The minimum Gasteiger partial charge on any atom is -0.371 e. The van der Waals surface area contributed by atoms with Gasteiger partial charge in [0.25, 0.3) is 5.91 Å². The van der Waals surface area contributed by atoms with Crippen molar-refractivity contribution in [1.82, 2.24) is 15.1 Å². The first-order chi connectivity index (χ1) is 8.76. The average Bonchev–Trinajstić information content (AvgIpc) is 2.96. The molecular weight excluding hydrogens is 252 g/mol. The van der Waals surface area contributed by atoms with E-state index in [0.29, 0.717) is 23.2 Å². The summed E-state index contributed by atoms with van der Waals surface area (Å²) in [6.07, 6.45) is 2.56. The zero-order valence-electron chi connectivity index (χ0n) is 10.3. The number of carbonyl (C=O) groups is 1. The van der Waals surface area contributed by atoms with Crippen LogP contribution < -0.4 is 5.32 Å². The Kier molecular flexibility index (Phi) is 3.17. The number of ether oxygens (including phenoxy) is 1. The number of amides is 1. The van der Waals surface area contributed by atoms with Gasteiger partial charge in [0.1, 0.15) is 0 Å². The van der Waals surface area contributed by atoms with Gasteiger partial charge in [-0.1, -0.05) is 11.3 Å². The zero-order valence-corrected chi connectivity index (χ0v) is 11.1. The SMILES string of the molecule is CCNc1nnc(C(=O)N2CC3CCC(C2)O3)s1. The van der Waals surface area contributed by atoms with Crippen molar-refractivity contribution < 1.29 is 9.53 Å². The summed E-state index contributed by atoms with van der Waals surface area (Å²) in [5.41, 5.74) is 0. The van der Waals surface area contributed by atoms with Gasteiger partial charge < -0.3 is 15.0 Å². The minimum absolute atomic E-state index is 0.0168. The summed E-state index contributed by atoms with van der Waals surface area (Å²) < 4.78 is 5.72. The van der Waals surface area contributed by atoms with E-state index in [1.54, 1.807) is 0 Å². The molecule has 2 fully saturated rings. The number of carbonyl (C=O) groups excluding carboxylic acids is 1. The Bertz CT molecular complexity index is 438. The van der Waals surface area contributed by atoms with Gasteiger partial charge in [0.05, 0.1) is 12.2 Å². The molecule has 6 nitrogen and oxygen atoms in total. The molecule has 18 heavy (non-hydrogen) atoms. The second-order valence-corrected chi connectivity index (χ2v) is 5.59. The van der Waals surface area contributed by atoms with Crippen LogP contribution in [0.3, 0.4) is 0 Å². The number of rotatable bonds is 3. The predicted octanol–water partition coefficient (Wildman–Crippen LogP) is 0.973. The van der Waals surface area contributed by atoms with E-state index in [4.69, 9.17) is 4.74 Å². The van der Waals surface area contributed by atoms with Crippen LogP contribution in [0.4, 0.5) is 5.13 Å². The van der Waals surface area contributed by atoms with E-state index in [-0.39, 0.29) is 18.1 Å². The van der Waals surface area contributed by atoms with E-state index in [1.165, 1.54) is 11.3 Å². The molecule has 0 radical (unpaired) electrons. The zero-order chi connectivity index (χ0) is 12.5. The standard InChI is InChI=1S/C11H16N4O2S/c1-2-12-11-14-13-9(18-11)10(16)15-5-7-3-4-8(6-15)17-7/h7-8H,2-6H2,1H3,(H,12,14). The lowest BCUT2D eigenvalue weighted by Gasteiger charge is -2.31. The molecule has 2 unspecified atom stereocenters. The number of nitrogens with zero attached hydrogens (tertiary/aromatic N) is 3. The third kappa shape index (κ3) is 2.20. The maximum Gasteiger partial charge on any atom is 0.285 e. The molecule has 1 N–H and O–H groups in total. The fourth-order valence-electron chi connectivity index (χ4n) is 2.45. The third-order valence-corrected chi connectivity index (χ3v) is 4.14. The van der Waals surface area contributed by atoms with Crippen LogP contribution in [0.15, 0.2) is 0 Å². The molecule has 1 aromatic rings. The van der Waals surface area contributed by atoms with Gasteiger partial charge in [-0.25, -0.2) is 0 Å². The summed E-state index contributed by atoms with van der Waals surface area (Å²) in [4.78, 5) is 14.1. The lowest BCUT2D eigenvalue weighted by Crippen LogP contribution is -2.45. The predicted molar refractivity (Wildman–Crippen MR) is 67.9 cm³/mol. The fourth-order valence-corrected chi connectivity index (χ4v) is 3.23. The highest BCUT2D eigenvalue weighted by atomic mass is 32.1. The maximum atomic E-state index is 12.3. The number of anilines is 1. The summed E-state index contributed by atoms with van der Waals surface area (Å²) in [6.45, 7) is 4.14. The molecule has 0 aromatic carbocycles. The number of hydrogen-bond acceptors (Lipinski definition) is 6. The van der Waals surface area contributed by atoms with Crippen LogP contribution in [0.2, 0.25) is 0 Å². The molecular formula is C11H16N4O2S. The van der Waals surface area contributed by atoms with E-state index in [2.05, 4.69) is 15.5 Å². The van der Waals surface area contributed by atoms with Crippen LogP contribution >= 0.6 is 11.3 Å². The van der Waals surface area contributed by atoms with Crippen LogP contribution in [0.1, 0.15) is 29.6 Å². The average molecular weight is 268 g/mol. The van der Waals surface area contributed by atoms with Gasteiger partial charge in [0.2, 0.25) is 10.1 Å². The molecule has 2 atom stereocenters. The molecule has 0 aliphatic carbocycles. The summed E-state index contributed by atoms with van der Waals surface area (Å²) in [6, 6.07) is 0. The monoisotopic (exact) mass is 268 g/mol. The highest BCUT2D eigenvalue weighted by Gasteiger charge is 2.36. The molecule has 3 rings (SSSR count). The van der Waals surface area contributed by atoms with Gasteiger partial charge in [-0.15, -0.1) is 10.2 Å². The smallest absolute Gasteiger partial charge is 0.285 e. The van der Waals surface area contributed by atoms with Crippen LogP contribution in [0.5, 0.6) is 0 Å². The highest BCUT2D eigenvalue weighted by molar-refractivity contribution is 7.17. The first kappa shape index (κ1) is 11.9. The van der Waals surface area contributed by atoms with Gasteiger partial charge in [-0.2, -0.15) is 0 Å². The van der Waals surface area contributed by atoms with Crippen molar-refractivity contribution in [1.29, 1.82) is 0 Å². The number of fused-ring (bicyclic) bond motifs is 2. The Hall–Kier alpha value is -1.21. The largest absolute Gasteiger partial charge is 0.371 e. The topological polar surface area (TPSA) is 67.4 Å². The normalized spacial score (nSPS) is 26.4. The van der Waals surface area contributed by atoms with Crippen molar-refractivity contribution in [3.05, 3.63) is 5.01 Å². The Balaban J connectivity index is 1.69. The van der Waals surface area contributed by atoms with E-state index < -0.39 is 0 Å². The number of nitrogens with one attached hydrogen (secondary N) is 1. The third-order valence-electron chi connectivity index (χ3n) is 3.27. The van der Waals surface area contributed by atoms with Crippen LogP contribution in [0.25, 0.3) is 0 Å². The highest BCUT2D eigenvalue weighted by Crippen LogP contribution is 2.27. The van der Waals surface area contributed by atoms with Crippen molar-refractivity contribution in [3.63, 3.8) is 0 Å². The second-order valence-electron chi connectivity index (χ2n) is 4.61. The van der Waals surface area contributed by atoms with E-state index in [1.807, 2.05) is 11.8 Å². The molecule has 3 heterocycles. The van der Waals surface area contributed by atoms with Crippen LogP contribution in [-0.4, -0.2) is 52.8 Å². The van der Waals surface area contributed by atoms with Crippen molar-refractivity contribution in [2.45, 2.75) is 32.0 Å². The van der Waals surface area contributed by atoms with Gasteiger partial charge in [0.15, 0.2) is 0 Å². The van der Waals surface area contributed by atoms with E-state index in [0.717, 1.165) is 19.4 Å². The molecule has 0 spiro atoms. The molecule has 2 bridgehead atoms. The number of hydrogen-bond donors (Lipinski definition) is 1. The number of morpholine rings is 1. The quantitative estimate of drug-likeness (QED) is 0.885. The van der Waals surface area contributed by atoms with Crippen LogP contribution in [-0.2, 0) is 4.74 Å². The number of aromatic nitrogens is 2. The Labute approximate surface area is 109 Å². The Morgan fingerprint density at radius 1 is 1.44 bits per heavy atom. The molecule has 1 amide bonds. The van der Waals surface area contributed by atoms with Crippen molar-refractivity contribution in [2.24, 2.45) is 0 Å². The van der Waals surface area contributed by atoms with Gasteiger partial charge in [-0.3, -0.25) is 4.79 Å². The lowest BCUT2D eigenvalue weighted by atomic mass is 10.2. The van der Waals surface area contributed by atoms with Gasteiger partial charge in [-0.05, 0) is 19.8 Å². The summed E-state index contributed by atoms with van der Waals surface area (Å²) in [5, 5.41) is 12.1. The maximum absolute atomic E-state index is 12.3. The molecule has 7 heteroatoms. The molecule has 0 saturated carbocycles. The molecule has 2 aliphatic heterocycles. The molecule has 1 aromatic heterocycles. The summed E-state index contributed by atoms with van der Waals surface area (Å²) >= 11 is 1.32. The van der Waals surface area contributed by atoms with Crippen molar-refractivity contribution >= 4 is 22.4 Å². The Morgan fingerprint density at radius 3 is 2.83 bits per heavy atom. The van der Waals surface area contributed by atoms with Crippen molar-refractivity contribution in [2.75, 3.05) is 25.0 Å². The fraction of sp³-hybridized carbons (Fsp3) is 0.727. The molecule has 2 saturated heterocycles. The minimum atomic E-state index is -0.0168. The van der Waals surface area contributed by atoms with Gasteiger partial charge >= 0.3 is 0 Å². The summed E-state index contributed by atoms with van der Waals surface area (Å²) in [7, 11) is 0. The number of likely N-dealkylation sites (tertiary alicyclic amines) is 1. The first-order valence-electron chi connectivity index (χ1n) is 6.28. The van der Waals surface area contributed by atoms with E-state index >= 15 is 0 Å². The lowest BCUT2D eigenvalue weighted by molar-refractivity contribution is -0.0303. The first-order valence-corrected chi connectivity index (χ1v) is 7.10. The molecule has 2 aliphatic rings. The Morgan fingerprint density at radius 2 is 2.17 bits per heavy atom. The van der Waals surface area contributed by atoms with Crippen molar-refractivity contribution in [3.8, 4) is 0 Å². The van der Waals surface area contributed by atoms with E-state index in [9.17, 15) is 4.79 Å². The second kappa shape index (κ2) is 4.81. The summed E-state index contributed by atoms with van der Waals surface area (Å²) in [5.74, 6) is -0.0168. The van der Waals surface area contributed by atoms with Crippen LogP contribution in [0, 0.1) is 0 Å². The molecule has 98 valence electrons.